The molecule has 2 aliphatic rings. The average molecular weight is 521 g/mol. The highest BCUT2D eigenvalue weighted by Crippen LogP contribution is 2.53. The van der Waals surface area contributed by atoms with Gasteiger partial charge in [0.1, 0.15) is 0 Å². The molecule has 0 atom stereocenters. The van der Waals surface area contributed by atoms with Gasteiger partial charge in [-0.15, -0.1) is 0 Å². The molecule has 0 aromatic carbocycles. The van der Waals surface area contributed by atoms with Gasteiger partial charge >= 0.3 is 0 Å². The Bertz CT molecular complexity index is 565. The topological polar surface area (TPSA) is 24.9 Å². The van der Waals surface area contributed by atoms with Crippen molar-refractivity contribution in [2.24, 2.45) is 0 Å². The Morgan fingerprint density at radius 3 is 0.938 bits per heavy atom. The lowest BCUT2D eigenvalue weighted by atomic mass is 9.81. The minimum atomic E-state index is -1.55. The molecule has 2 rings (SSSR count). The van der Waals surface area contributed by atoms with Gasteiger partial charge in [-0.25, -0.2) is 8.61 Å². The maximum Gasteiger partial charge on any atom is 0.184 e. The Hall–Kier alpha value is 0.974. The van der Waals surface area contributed by atoms with Gasteiger partial charge in [0, 0.05) is 56.3 Å². The van der Waals surface area contributed by atoms with Crippen molar-refractivity contribution in [1.82, 2.24) is 8.61 Å². The zero-order valence-corrected chi connectivity index (χ0v) is 27.1. The summed E-state index contributed by atoms with van der Waals surface area (Å²) in [7, 11) is 0.819. The van der Waals surface area contributed by atoms with Crippen LogP contribution >= 0.6 is 22.0 Å². The van der Waals surface area contributed by atoms with Gasteiger partial charge in [0.25, 0.3) is 0 Å². The van der Waals surface area contributed by atoms with Crippen LogP contribution in [0.4, 0.5) is 0 Å². The highest BCUT2D eigenvalue weighted by Gasteiger charge is 2.51. The van der Waals surface area contributed by atoms with E-state index in [1.54, 1.807) is 0 Å². The molecule has 2 fully saturated rings. The van der Waals surface area contributed by atoms with E-state index in [-0.39, 0.29) is 22.2 Å². The molecule has 0 N–H and O–H groups in total. The maximum absolute atomic E-state index is 6.59. The zero-order valence-electron chi connectivity index (χ0n) is 23.5. The minimum absolute atomic E-state index is 0.0806. The van der Waals surface area contributed by atoms with Crippen molar-refractivity contribution in [3.63, 3.8) is 0 Å². The first kappa shape index (κ1) is 29.2. The van der Waals surface area contributed by atoms with Crippen LogP contribution in [0.3, 0.4) is 0 Å². The summed E-state index contributed by atoms with van der Waals surface area (Å²) in [6, 6.07) is 0. The fourth-order valence-corrected chi connectivity index (χ4v) is 12.4. The van der Waals surface area contributed by atoms with Crippen LogP contribution in [-0.4, -0.2) is 59.6 Å². The van der Waals surface area contributed by atoms with Crippen LogP contribution in [-0.2, 0) is 8.85 Å². The Morgan fingerprint density at radius 1 is 0.531 bits per heavy atom. The summed E-state index contributed by atoms with van der Waals surface area (Å²) in [5.74, 6) is 0. The molecule has 0 unspecified atom stereocenters. The summed E-state index contributed by atoms with van der Waals surface area (Å²) in [5, 5.41) is 0. The molecule has 0 bridgehead atoms. The van der Waals surface area contributed by atoms with E-state index < -0.39 is 16.6 Å². The molecule has 4 nitrogen and oxygen atoms in total. The molecule has 32 heavy (non-hydrogen) atoms. The van der Waals surface area contributed by atoms with Gasteiger partial charge in [-0.1, -0.05) is 0 Å². The normalized spacial score (nSPS) is 27.6. The molecule has 8 heteroatoms. The van der Waals surface area contributed by atoms with Gasteiger partial charge in [-0.05, 0) is 120 Å². The third-order valence-corrected chi connectivity index (χ3v) is 11.8. The number of piperidine rings is 2. The maximum atomic E-state index is 6.59. The standard InChI is InChI=1S/C24H52N2O2S2Si2/c1-21(2)15-19(27-31(9,10)11)16-22(3,4)25(21)29-30-26-23(5,6)17-20(18-24(26,7)8)28-32(12,13)14/h19-20H,15-18H2,1-14H3. The van der Waals surface area contributed by atoms with Gasteiger partial charge in [-0.3, -0.25) is 0 Å². The Labute approximate surface area is 210 Å². The van der Waals surface area contributed by atoms with E-state index in [4.69, 9.17) is 8.85 Å². The molecule has 2 saturated heterocycles. The first-order valence-corrected chi connectivity index (χ1v) is 21.2. The molecule has 2 aliphatic heterocycles. The van der Waals surface area contributed by atoms with Crippen LogP contribution < -0.4 is 0 Å². The van der Waals surface area contributed by atoms with E-state index in [0.29, 0.717) is 12.2 Å². The van der Waals surface area contributed by atoms with Gasteiger partial charge in [-0.2, -0.15) is 0 Å². The molecule has 0 radical (unpaired) electrons. The lowest BCUT2D eigenvalue weighted by molar-refractivity contribution is -0.0147. The third-order valence-electron chi connectivity index (χ3n) is 6.33. The lowest BCUT2D eigenvalue weighted by Crippen LogP contribution is -2.61. The van der Waals surface area contributed by atoms with Crippen molar-refractivity contribution in [3.05, 3.63) is 0 Å². The minimum Gasteiger partial charge on any atom is -0.415 e. The Kier molecular flexibility index (Phi) is 8.62. The van der Waals surface area contributed by atoms with E-state index >= 15 is 0 Å². The van der Waals surface area contributed by atoms with Crippen LogP contribution in [0.2, 0.25) is 39.3 Å². The van der Waals surface area contributed by atoms with Crippen LogP contribution in [0, 0.1) is 0 Å². The van der Waals surface area contributed by atoms with Crippen molar-refractivity contribution in [2.75, 3.05) is 0 Å². The molecule has 0 saturated carbocycles. The SMILES string of the molecule is CC1(C)CC(O[Si](C)(C)C)CC(C)(C)N1SSN1C(C)(C)CC(O[Si](C)(C)C)CC1(C)C. The third kappa shape index (κ3) is 7.74. The van der Waals surface area contributed by atoms with Crippen molar-refractivity contribution >= 4 is 38.6 Å². The van der Waals surface area contributed by atoms with Crippen molar-refractivity contribution < 1.29 is 8.85 Å². The van der Waals surface area contributed by atoms with Crippen molar-refractivity contribution in [3.8, 4) is 0 Å². The number of hydrogen-bond donors (Lipinski definition) is 0. The first-order valence-electron chi connectivity index (χ1n) is 12.4. The van der Waals surface area contributed by atoms with Crippen LogP contribution in [0.1, 0.15) is 81.1 Å². The van der Waals surface area contributed by atoms with E-state index in [9.17, 15) is 0 Å². The Morgan fingerprint density at radius 2 is 0.750 bits per heavy atom. The highest BCUT2D eigenvalue weighted by atomic mass is 33.1. The summed E-state index contributed by atoms with van der Waals surface area (Å²) < 4.78 is 18.5. The van der Waals surface area contributed by atoms with E-state index in [0.717, 1.165) is 25.7 Å². The summed E-state index contributed by atoms with van der Waals surface area (Å²) >= 11 is 0. The van der Waals surface area contributed by atoms with Gasteiger partial charge in [0.2, 0.25) is 0 Å². The number of nitrogens with zero attached hydrogens (tertiary/aromatic N) is 2. The molecule has 0 aliphatic carbocycles. The molecular weight excluding hydrogens is 469 g/mol. The predicted molar refractivity (Wildman–Crippen MR) is 150 cm³/mol. The lowest BCUT2D eigenvalue weighted by Gasteiger charge is -2.57. The van der Waals surface area contributed by atoms with E-state index in [1.807, 2.05) is 22.0 Å². The largest absolute Gasteiger partial charge is 0.415 e. The molecule has 0 spiro atoms. The fourth-order valence-electron chi connectivity index (χ4n) is 5.98. The summed E-state index contributed by atoms with van der Waals surface area (Å²) in [6.45, 7) is 33.0. The average Bonchev–Trinajstić information content (AvgIpc) is 2.42. The molecule has 2 heterocycles. The predicted octanol–water partition coefficient (Wildman–Crippen LogP) is 7.94. The van der Waals surface area contributed by atoms with E-state index in [2.05, 4.69) is 103 Å². The highest BCUT2D eigenvalue weighted by molar-refractivity contribution is 8.74. The molecule has 0 aromatic heterocycles. The molecule has 0 aromatic rings. The van der Waals surface area contributed by atoms with Gasteiger partial charge in [0.15, 0.2) is 16.6 Å². The Balaban J connectivity index is 2.14. The first-order chi connectivity index (χ1) is 14.0. The van der Waals surface area contributed by atoms with Gasteiger partial charge < -0.3 is 8.85 Å². The second-order valence-electron chi connectivity index (χ2n) is 14.5. The smallest absolute Gasteiger partial charge is 0.184 e. The van der Waals surface area contributed by atoms with Gasteiger partial charge in [0.05, 0.1) is 0 Å². The summed E-state index contributed by atoms with van der Waals surface area (Å²) in [5.41, 5.74) is 0.323. The quantitative estimate of drug-likeness (QED) is 0.192. The molecular formula is C24H52N2O2S2Si2. The van der Waals surface area contributed by atoms with Crippen LogP contribution in [0.25, 0.3) is 0 Å². The fraction of sp³-hybridized carbons (Fsp3) is 1.00. The van der Waals surface area contributed by atoms with Crippen LogP contribution in [0.15, 0.2) is 0 Å². The number of hydrogen-bond acceptors (Lipinski definition) is 6. The second kappa shape index (κ2) is 9.45. The van der Waals surface area contributed by atoms with Crippen molar-refractivity contribution in [1.29, 1.82) is 0 Å². The second-order valence-corrected chi connectivity index (χ2v) is 25.4. The van der Waals surface area contributed by atoms with Crippen molar-refractivity contribution in [2.45, 2.75) is 155 Å². The summed E-state index contributed by atoms with van der Waals surface area (Å²) in [4.78, 5) is 0. The number of rotatable bonds is 7. The van der Waals surface area contributed by atoms with Crippen LogP contribution in [0.5, 0.6) is 0 Å². The molecule has 0 amide bonds. The zero-order chi connectivity index (χ0) is 25.0. The molecule has 190 valence electrons. The summed E-state index contributed by atoms with van der Waals surface area (Å²) in [6.07, 6.45) is 5.08. The van der Waals surface area contributed by atoms with E-state index in [1.165, 1.54) is 0 Å². The monoisotopic (exact) mass is 520 g/mol.